The zero-order valence-corrected chi connectivity index (χ0v) is 13.5. The van der Waals surface area contributed by atoms with E-state index < -0.39 is 29.2 Å². The van der Waals surface area contributed by atoms with Crippen molar-refractivity contribution in [3.63, 3.8) is 0 Å². The number of benzene rings is 1. The fraction of sp³-hybridized carbons (Fsp3) is 0.0588. The standard InChI is InChI=1S/C17H9ClF3NO4/c18-11-6-5-10(17(19,20)21)9-12(11)22(15(23)13-3-1-7-25-13)16(24)14-4-2-8-26-14/h1-9H. The van der Waals surface area contributed by atoms with Crippen LogP contribution in [0.4, 0.5) is 18.9 Å². The molecule has 0 saturated carbocycles. The Morgan fingerprint density at radius 3 is 1.88 bits per heavy atom. The van der Waals surface area contributed by atoms with Crippen LogP contribution in [0.2, 0.25) is 5.02 Å². The van der Waals surface area contributed by atoms with Crippen LogP contribution < -0.4 is 4.90 Å². The van der Waals surface area contributed by atoms with Crippen LogP contribution in [0.3, 0.4) is 0 Å². The first-order valence-corrected chi connectivity index (χ1v) is 7.49. The van der Waals surface area contributed by atoms with Crippen LogP contribution in [-0.2, 0) is 6.18 Å². The van der Waals surface area contributed by atoms with Gasteiger partial charge in [0.15, 0.2) is 11.5 Å². The molecule has 5 nitrogen and oxygen atoms in total. The van der Waals surface area contributed by atoms with E-state index in [-0.39, 0.29) is 16.5 Å². The predicted octanol–water partition coefficient (Wildman–Crippen LogP) is 5.03. The van der Waals surface area contributed by atoms with Crippen molar-refractivity contribution in [1.29, 1.82) is 0 Å². The Labute approximate surface area is 149 Å². The van der Waals surface area contributed by atoms with E-state index in [9.17, 15) is 22.8 Å². The van der Waals surface area contributed by atoms with E-state index >= 15 is 0 Å². The Kier molecular flexibility index (Phi) is 4.60. The van der Waals surface area contributed by atoms with Crippen LogP contribution in [0.25, 0.3) is 0 Å². The first kappa shape index (κ1) is 17.8. The maximum absolute atomic E-state index is 13.0. The Balaban J connectivity index is 2.15. The number of nitrogens with zero attached hydrogens (tertiary/aromatic N) is 1. The zero-order valence-electron chi connectivity index (χ0n) is 12.8. The van der Waals surface area contributed by atoms with Gasteiger partial charge in [0.1, 0.15) is 0 Å². The number of hydrogen-bond acceptors (Lipinski definition) is 4. The second-order valence-electron chi connectivity index (χ2n) is 5.06. The summed E-state index contributed by atoms with van der Waals surface area (Å²) in [6.07, 6.45) is -2.31. The summed E-state index contributed by atoms with van der Waals surface area (Å²) < 4.78 is 49.1. The van der Waals surface area contributed by atoms with Gasteiger partial charge in [0, 0.05) is 0 Å². The minimum absolute atomic E-state index is 0.224. The van der Waals surface area contributed by atoms with Gasteiger partial charge in [-0.25, -0.2) is 4.90 Å². The molecule has 26 heavy (non-hydrogen) atoms. The monoisotopic (exact) mass is 383 g/mol. The molecule has 2 heterocycles. The van der Waals surface area contributed by atoms with E-state index in [1.165, 1.54) is 36.8 Å². The van der Waals surface area contributed by atoms with Crippen LogP contribution in [0.1, 0.15) is 26.7 Å². The van der Waals surface area contributed by atoms with Crippen molar-refractivity contribution < 1.29 is 31.6 Å². The zero-order chi connectivity index (χ0) is 18.9. The molecule has 0 aliphatic heterocycles. The summed E-state index contributed by atoms with van der Waals surface area (Å²) in [6.45, 7) is 0. The summed E-state index contributed by atoms with van der Waals surface area (Å²) in [5.74, 6) is -2.48. The van der Waals surface area contributed by atoms with Gasteiger partial charge in [0.25, 0.3) is 0 Å². The van der Waals surface area contributed by atoms with Crippen molar-refractivity contribution in [2.45, 2.75) is 6.18 Å². The van der Waals surface area contributed by atoms with Gasteiger partial charge < -0.3 is 8.83 Å². The number of imide groups is 1. The van der Waals surface area contributed by atoms with E-state index in [1.54, 1.807) is 0 Å². The Morgan fingerprint density at radius 2 is 1.46 bits per heavy atom. The summed E-state index contributed by atoms with van der Waals surface area (Å²) in [6, 6.07) is 7.66. The van der Waals surface area contributed by atoms with E-state index in [1.807, 2.05) is 0 Å². The SMILES string of the molecule is O=C(c1ccco1)N(C(=O)c1ccco1)c1cc(C(F)(F)F)ccc1Cl. The summed E-state index contributed by atoms with van der Waals surface area (Å²) in [5.41, 5.74) is -1.51. The van der Waals surface area contributed by atoms with Crippen LogP contribution in [-0.4, -0.2) is 11.8 Å². The second kappa shape index (κ2) is 6.72. The largest absolute Gasteiger partial charge is 0.459 e. The smallest absolute Gasteiger partial charge is 0.416 e. The van der Waals surface area contributed by atoms with E-state index in [0.717, 1.165) is 12.1 Å². The third-order valence-corrected chi connectivity index (χ3v) is 3.70. The van der Waals surface area contributed by atoms with E-state index in [4.69, 9.17) is 20.4 Å². The quantitative estimate of drug-likeness (QED) is 0.595. The van der Waals surface area contributed by atoms with Crippen molar-refractivity contribution in [2.24, 2.45) is 0 Å². The van der Waals surface area contributed by atoms with Crippen LogP contribution >= 0.6 is 11.6 Å². The topological polar surface area (TPSA) is 63.7 Å². The number of carbonyl (C=O) groups excluding carboxylic acids is 2. The summed E-state index contributed by atoms with van der Waals surface area (Å²) in [4.78, 5) is 25.9. The minimum atomic E-state index is -4.69. The normalized spacial score (nSPS) is 11.4. The van der Waals surface area contributed by atoms with Gasteiger partial charge in [0.05, 0.1) is 28.8 Å². The molecule has 2 aromatic heterocycles. The second-order valence-corrected chi connectivity index (χ2v) is 5.47. The lowest BCUT2D eigenvalue weighted by Crippen LogP contribution is -2.37. The molecule has 0 saturated heterocycles. The van der Waals surface area contributed by atoms with Gasteiger partial charge in [0.2, 0.25) is 0 Å². The lowest BCUT2D eigenvalue weighted by molar-refractivity contribution is -0.137. The third kappa shape index (κ3) is 3.36. The van der Waals surface area contributed by atoms with Gasteiger partial charge in [-0.3, -0.25) is 9.59 Å². The maximum atomic E-state index is 13.0. The van der Waals surface area contributed by atoms with Gasteiger partial charge in [-0.2, -0.15) is 13.2 Å². The Bertz CT molecular complexity index is 887. The molecule has 3 rings (SSSR count). The molecule has 0 unspecified atom stereocenters. The molecule has 0 radical (unpaired) electrons. The van der Waals surface area contributed by atoms with Crippen molar-refractivity contribution in [2.75, 3.05) is 4.90 Å². The molecule has 0 bridgehead atoms. The Hall–Kier alpha value is -3.00. The molecule has 2 amide bonds. The number of hydrogen-bond donors (Lipinski definition) is 0. The number of amides is 2. The summed E-state index contributed by atoms with van der Waals surface area (Å²) >= 11 is 5.98. The number of carbonyl (C=O) groups is 2. The molecule has 0 fully saturated rings. The highest BCUT2D eigenvalue weighted by atomic mass is 35.5. The van der Waals surface area contributed by atoms with Crippen LogP contribution in [0.15, 0.2) is 63.8 Å². The molecule has 0 aliphatic carbocycles. The molecule has 1 aromatic carbocycles. The molecule has 0 spiro atoms. The fourth-order valence-corrected chi connectivity index (χ4v) is 2.39. The van der Waals surface area contributed by atoms with Gasteiger partial charge in [-0.05, 0) is 42.5 Å². The lowest BCUT2D eigenvalue weighted by Gasteiger charge is -2.21. The van der Waals surface area contributed by atoms with Crippen LogP contribution in [0.5, 0.6) is 0 Å². The molecule has 0 aliphatic rings. The Morgan fingerprint density at radius 1 is 0.923 bits per heavy atom. The molecule has 9 heteroatoms. The first-order chi connectivity index (χ1) is 12.3. The molecular weight excluding hydrogens is 375 g/mol. The van der Waals surface area contributed by atoms with E-state index in [0.29, 0.717) is 11.0 Å². The highest BCUT2D eigenvalue weighted by Crippen LogP contribution is 2.36. The van der Waals surface area contributed by atoms with Crippen LogP contribution in [0, 0.1) is 0 Å². The van der Waals surface area contributed by atoms with Gasteiger partial charge >= 0.3 is 18.0 Å². The van der Waals surface area contributed by atoms with Crippen molar-refractivity contribution in [1.82, 2.24) is 0 Å². The average Bonchev–Trinajstić information content (AvgIpc) is 3.29. The highest BCUT2D eigenvalue weighted by molar-refractivity contribution is 6.36. The number of halogens is 4. The number of anilines is 1. The van der Waals surface area contributed by atoms with E-state index in [2.05, 4.69) is 0 Å². The molecular formula is C17H9ClF3NO4. The van der Waals surface area contributed by atoms with Crippen molar-refractivity contribution >= 4 is 29.1 Å². The fourth-order valence-electron chi connectivity index (χ4n) is 2.19. The lowest BCUT2D eigenvalue weighted by atomic mass is 10.1. The minimum Gasteiger partial charge on any atom is -0.459 e. The first-order valence-electron chi connectivity index (χ1n) is 7.11. The summed E-state index contributed by atoms with van der Waals surface area (Å²) in [5, 5.41) is -0.224. The maximum Gasteiger partial charge on any atom is 0.416 e. The predicted molar refractivity (Wildman–Crippen MR) is 85.0 cm³/mol. The van der Waals surface area contributed by atoms with Gasteiger partial charge in [-0.15, -0.1) is 0 Å². The number of rotatable bonds is 3. The average molecular weight is 384 g/mol. The number of furan rings is 2. The van der Waals surface area contributed by atoms with Crippen molar-refractivity contribution in [3.8, 4) is 0 Å². The molecule has 0 atom stereocenters. The van der Waals surface area contributed by atoms with Gasteiger partial charge in [-0.1, -0.05) is 11.6 Å². The summed E-state index contributed by atoms with van der Waals surface area (Å²) in [7, 11) is 0. The third-order valence-electron chi connectivity index (χ3n) is 3.38. The molecule has 0 N–H and O–H groups in total. The molecule has 3 aromatic rings. The molecule has 134 valence electrons. The number of alkyl halides is 3. The highest BCUT2D eigenvalue weighted by Gasteiger charge is 2.35. The van der Waals surface area contributed by atoms with Crippen molar-refractivity contribution in [3.05, 3.63) is 77.1 Å².